The third-order valence-corrected chi connectivity index (χ3v) is 5.10. The second-order valence-corrected chi connectivity index (χ2v) is 6.71. The van der Waals surface area contributed by atoms with E-state index in [0.717, 1.165) is 21.3 Å². The van der Waals surface area contributed by atoms with Gasteiger partial charge < -0.3 is 5.32 Å². The first-order chi connectivity index (χ1) is 9.40. The van der Waals surface area contributed by atoms with E-state index in [9.17, 15) is 0 Å². The Labute approximate surface area is 146 Å². The zero-order valence-corrected chi connectivity index (χ0v) is 15.0. The average Bonchev–Trinajstić information content (AvgIpc) is 2.40. The molecule has 1 nitrogen and oxygen atoms in total. The van der Waals surface area contributed by atoms with Gasteiger partial charge >= 0.3 is 0 Å². The summed E-state index contributed by atoms with van der Waals surface area (Å²) in [7, 11) is 0. The van der Waals surface area contributed by atoms with E-state index in [2.05, 4.69) is 21.2 Å². The van der Waals surface area contributed by atoms with E-state index in [-0.39, 0.29) is 0 Å². The Balaban J connectivity index is 2.26. The van der Waals surface area contributed by atoms with Gasteiger partial charge in [-0.25, -0.2) is 0 Å². The molecule has 0 amide bonds. The van der Waals surface area contributed by atoms with Crippen molar-refractivity contribution in [1.29, 1.82) is 0 Å². The van der Waals surface area contributed by atoms with Crippen LogP contribution in [0, 0.1) is 6.92 Å². The molecule has 0 heterocycles. The number of anilines is 1. The van der Waals surface area contributed by atoms with Crippen LogP contribution in [0.15, 0.2) is 28.7 Å². The number of hydrogen-bond donors (Lipinski definition) is 1. The molecule has 106 valence electrons. The Kier molecular flexibility index (Phi) is 5.49. The van der Waals surface area contributed by atoms with Crippen molar-refractivity contribution in [3.8, 4) is 0 Å². The topological polar surface area (TPSA) is 12.0 Å². The molecule has 0 spiro atoms. The van der Waals surface area contributed by atoms with Crippen LogP contribution >= 0.6 is 62.3 Å². The van der Waals surface area contributed by atoms with Gasteiger partial charge in [0.05, 0.1) is 15.7 Å². The first-order valence-electron chi connectivity index (χ1n) is 5.72. The van der Waals surface area contributed by atoms with Gasteiger partial charge in [0.1, 0.15) is 0 Å². The minimum Gasteiger partial charge on any atom is -0.380 e. The van der Waals surface area contributed by atoms with Gasteiger partial charge in [0.15, 0.2) is 0 Å². The maximum absolute atomic E-state index is 6.17. The first kappa shape index (κ1) is 16.3. The molecule has 2 rings (SSSR count). The van der Waals surface area contributed by atoms with Crippen molar-refractivity contribution in [1.82, 2.24) is 0 Å². The van der Waals surface area contributed by atoms with Gasteiger partial charge in [0.25, 0.3) is 0 Å². The summed E-state index contributed by atoms with van der Waals surface area (Å²) in [6, 6.07) is 7.21. The summed E-state index contributed by atoms with van der Waals surface area (Å²) in [4.78, 5) is 0. The van der Waals surface area contributed by atoms with Crippen molar-refractivity contribution in [2.24, 2.45) is 0 Å². The van der Waals surface area contributed by atoms with E-state index in [4.69, 9.17) is 46.4 Å². The van der Waals surface area contributed by atoms with E-state index in [1.54, 1.807) is 12.1 Å². The molecule has 0 saturated heterocycles. The number of aryl methyl sites for hydroxylation is 1. The highest BCUT2D eigenvalue weighted by Gasteiger charge is 2.11. The predicted molar refractivity (Wildman–Crippen MR) is 92.7 cm³/mol. The summed E-state index contributed by atoms with van der Waals surface area (Å²) in [6.07, 6.45) is 0. The molecule has 2 aromatic rings. The molecule has 0 bridgehead atoms. The van der Waals surface area contributed by atoms with Gasteiger partial charge in [-0.2, -0.15) is 0 Å². The maximum atomic E-state index is 6.17. The highest BCUT2D eigenvalue weighted by molar-refractivity contribution is 9.10. The average molecular weight is 414 g/mol. The first-order valence-corrected chi connectivity index (χ1v) is 8.02. The Morgan fingerprint density at radius 1 is 1.00 bits per heavy atom. The molecule has 0 atom stereocenters. The molecule has 20 heavy (non-hydrogen) atoms. The number of rotatable bonds is 3. The van der Waals surface area contributed by atoms with Crippen molar-refractivity contribution in [3.63, 3.8) is 0 Å². The Morgan fingerprint density at radius 2 is 1.65 bits per heavy atom. The van der Waals surface area contributed by atoms with Crippen LogP contribution in [0.1, 0.15) is 11.1 Å². The number of hydrogen-bond acceptors (Lipinski definition) is 1. The molecule has 0 radical (unpaired) electrons. The molecule has 1 N–H and O–H groups in total. The molecular weight excluding hydrogens is 404 g/mol. The summed E-state index contributed by atoms with van der Waals surface area (Å²) in [5.74, 6) is 0. The van der Waals surface area contributed by atoms with E-state index >= 15 is 0 Å². The monoisotopic (exact) mass is 411 g/mol. The maximum Gasteiger partial charge on any atom is 0.0657 e. The minimum atomic E-state index is 0.455. The summed E-state index contributed by atoms with van der Waals surface area (Å²) in [5, 5.41) is 5.45. The molecule has 2 aromatic carbocycles. The van der Waals surface area contributed by atoms with Crippen molar-refractivity contribution in [3.05, 3.63) is 60.0 Å². The SMILES string of the molecule is Cc1cc(Br)c(NCc2c(Cl)ccc(Cl)c2Cl)cc1Cl. The molecule has 0 saturated carbocycles. The number of benzene rings is 2. The molecule has 0 aliphatic heterocycles. The summed E-state index contributed by atoms with van der Waals surface area (Å²) in [6.45, 7) is 2.40. The van der Waals surface area contributed by atoms with Crippen LogP contribution in [0.2, 0.25) is 20.1 Å². The van der Waals surface area contributed by atoms with Crippen molar-refractivity contribution < 1.29 is 0 Å². The molecule has 0 fully saturated rings. The predicted octanol–water partition coefficient (Wildman–Crippen LogP) is 6.98. The Bertz CT molecular complexity index is 658. The Morgan fingerprint density at radius 3 is 2.35 bits per heavy atom. The lowest BCUT2D eigenvalue weighted by atomic mass is 10.2. The molecule has 6 heteroatoms. The highest BCUT2D eigenvalue weighted by atomic mass is 79.9. The summed E-state index contributed by atoms with van der Waals surface area (Å²) >= 11 is 27.9. The number of nitrogens with one attached hydrogen (secondary N) is 1. The molecule has 0 aliphatic rings. The zero-order valence-electron chi connectivity index (χ0n) is 10.4. The van der Waals surface area contributed by atoms with Crippen LogP contribution in [0.3, 0.4) is 0 Å². The Hall–Kier alpha value is -0.120. The van der Waals surface area contributed by atoms with Crippen LogP contribution in [-0.4, -0.2) is 0 Å². The lowest BCUT2D eigenvalue weighted by Gasteiger charge is -2.13. The van der Waals surface area contributed by atoms with Gasteiger partial charge in [0, 0.05) is 26.6 Å². The minimum absolute atomic E-state index is 0.455. The second kappa shape index (κ2) is 6.76. The fourth-order valence-corrected chi connectivity index (χ4v) is 3.14. The smallest absolute Gasteiger partial charge is 0.0657 e. The standard InChI is InChI=1S/C14H10BrCl4N/c1-7-4-9(15)13(5-12(7)18)20-6-8-10(16)2-3-11(17)14(8)19/h2-5,20H,6H2,1H3. The van der Waals surface area contributed by atoms with Gasteiger partial charge in [-0.1, -0.05) is 46.4 Å². The van der Waals surface area contributed by atoms with Gasteiger partial charge in [-0.3, -0.25) is 0 Å². The van der Waals surface area contributed by atoms with E-state index in [1.165, 1.54) is 0 Å². The van der Waals surface area contributed by atoms with Crippen LogP contribution in [-0.2, 0) is 6.54 Å². The van der Waals surface area contributed by atoms with Gasteiger partial charge in [-0.15, -0.1) is 0 Å². The van der Waals surface area contributed by atoms with E-state index in [1.807, 2.05) is 19.1 Å². The second-order valence-electron chi connectivity index (χ2n) is 4.26. The van der Waals surface area contributed by atoms with Crippen LogP contribution in [0.25, 0.3) is 0 Å². The summed E-state index contributed by atoms with van der Waals surface area (Å²) in [5.41, 5.74) is 2.63. The van der Waals surface area contributed by atoms with Gasteiger partial charge in [0.2, 0.25) is 0 Å². The molecule has 0 aromatic heterocycles. The fraction of sp³-hybridized carbons (Fsp3) is 0.143. The third kappa shape index (κ3) is 3.55. The fourth-order valence-electron chi connectivity index (χ4n) is 1.70. The van der Waals surface area contributed by atoms with E-state index in [0.29, 0.717) is 26.6 Å². The van der Waals surface area contributed by atoms with Crippen LogP contribution in [0.5, 0.6) is 0 Å². The van der Waals surface area contributed by atoms with E-state index < -0.39 is 0 Å². The quantitative estimate of drug-likeness (QED) is 0.535. The molecule has 0 aliphatic carbocycles. The third-order valence-electron chi connectivity index (χ3n) is 2.84. The van der Waals surface area contributed by atoms with Crippen LogP contribution in [0.4, 0.5) is 5.69 Å². The largest absolute Gasteiger partial charge is 0.380 e. The number of halogens is 5. The van der Waals surface area contributed by atoms with Gasteiger partial charge in [-0.05, 0) is 52.7 Å². The van der Waals surface area contributed by atoms with Crippen molar-refractivity contribution >= 4 is 68.0 Å². The zero-order chi connectivity index (χ0) is 14.9. The lowest BCUT2D eigenvalue weighted by molar-refractivity contribution is 1.14. The highest BCUT2D eigenvalue weighted by Crippen LogP contribution is 2.34. The van der Waals surface area contributed by atoms with Crippen LogP contribution < -0.4 is 5.32 Å². The van der Waals surface area contributed by atoms with Crippen molar-refractivity contribution in [2.75, 3.05) is 5.32 Å². The molecule has 0 unspecified atom stereocenters. The summed E-state index contributed by atoms with van der Waals surface area (Å²) < 4.78 is 0.925. The lowest BCUT2D eigenvalue weighted by Crippen LogP contribution is -2.02. The normalized spacial score (nSPS) is 10.7. The molecular formula is C14H10BrCl4N. The van der Waals surface area contributed by atoms with Crippen molar-refractivity contribution in [2.45, 2.75) is 13.5 Å².